The maximum absolute atomic E-state index is 13.4. The van der Waals surface area contributed by atoms with Gasteiger partial charge in [0.25, 0.3) is 0 Å². The van der Waals surface area contributed by atoms with Gasteiger partial charge in [-0.2, -0.15) is 0 Å². The van der Waals surface area contributed by atoms with Crippen molar-refractivity contribution in [3.63, 3.8) is 0 Å². The van der Waals surface area contributed by atoms with Crippen LogP contribution in [0.3, 0.4) is 0 Å². The number of likely N-dealkylation sites (tertiary alicyclic amines) is 1. The van der Waals surface area contributed by atoms with E-state index < -0.39 is 5.97 Å². The maximum Gasteiger partial charge on any atom is 0.317 e. The first-order chi connectivity index (χ1) is 13.5. The number of halogens is 1. The molecule has 1 amide bonds. The van der Waals surface area contributed by atoms with Crippen molar-refractivity contribution < 1.29 is 14.7 Å². The van der Waals surface area contributed by atoms with Gasteiger partial charge < -0.3 is 10.0 Å². The number of hydrogen-bond donors (Lipinski definition) is 1. The molecule has 0 spiro atoms. The van der Waals surface area contributed by atoms with E-state index in [9.17, 15) is 9.59 Å². The molecule has 0 aromatic rings. The van der Waals surface area contributed by atoms with E-state index >= 15 is 0 Å². The van der Waals surface area contributed by atoms with Gasteiger partial charge in [0.15, 0.2) is 0 Å². The Kier molecular flexibility index (Phi) is 10.2. The fourth-order valence-corrected chi connectivity index (χ4v) is 5.56. The molecule has 2 aliphatic carbocycles. The minimum atomic E-state index is -0.768. The van der Waals surface area contributed by atoms with Crippen molar-refractivity contribution in [2.45, 2.75) is 95.2 Å². The molecule has 6 nitrogen and oxygen atoms in total. The maximum atomic E-state index is 13.4. The lowest BCUT2D eigenvalue weighted by Gasteiger charge is -2.43. The Balaban J connectivity index is 0.00000300. The van der Waals surface area contributed by atoms with Crippen LogP contribution < -0.4 is 0 Å². The summed E-state index contributed by atoms with van der Waals surface area (Å²) in [7, 11) is 1.90. The van der Waals surface area contributed by atoms with E-state index in [0.717, 1.165) is 25.9 Å². The highest BCUT2D eigenvalue weighted by molar-refractivity contribution is 5.85. The zero-order chi connectivity index (χ0) is 19.9. The topological polar surface area (TPSA) is 64.1 Å². The minimum absolute atomic E-state index is 0. The van der Waals surface area contributed by atoms with Crippen molar-refractivity contribution in [2.24, 2.45) is 0 Å². The summed E-state index contributed by atoms with van der Waals surface area (Å²) in [6.07, 6.45) is 14.3. The van der Waals surface area contributed by atoms with Crippen LogP contribution in [0.1, 0.15) is 77.0 Å². The van der Waals surface area contributed by atoms with E-state index in [1.165, 1.54) is 64.2 Å². The van der Waals surface area contributed by atoms with Crippen LogP contribution in [0.5, 0.6) is 0 Å². The summed E-state index contributed by atoms with van der Waals surface area (Å²) < 4.78 is 0. The quantitative estimate of drug-likeness (QED) is 0.672. The molecule has 3 fully saturated rings. The number of aliphatic carboxylic acids is 1. The molecule has 0 aromatic carbocycles. The van der Waals surface area contributed by atoms with Gasteiger partial charge in [0.1, 0.15) is 0 Å². The molecular formula is C22H40ClN3O3. The lowest BCUT2D eigenvalue weighted by Crippen LogP contribution is -2.53. The number of carbonyl (C=O) groups is 2. The van der Waals surface area contributed by atoms with Gasteiger partial charge in [-0.25, -0.2) is 0 Å². The van der Waals surface area contributed by atoms with Crippen LogP contribution in [0, 0.1) is 0 Å². The van der Waals surface area contributed by atoms with Crippen molar-refractivity contribution in [1.82, 2.24) is 14.7 Å². The van der Waals surface area contributed by atoms with Crippen molar-refractivity contribution in [1.29, 1.82) is 0 Å². The second-order valence-electron chi connectivity index (χ2n) is 9.20. The van der Waals surface area contributed by atoms with E-state index in [1.807, 2.05) is 11.9 Å². The normalized spacial score (nSPS) is 23.0. The molecule has 168 valence electrons. The fourth-order valence-electron chi connectivity index (χ4n) is 5.56. The van der Waals surface area contributed by atoms with Crippen LogP contribution in [0.4, 0.5) is 0 Å². The van der Waals surface area contributed by atoms with Crippen molar-refractivity contribution in [3.8, 4) is 0 Å². The Morgan fingerprint density at radius 1 is 0.828 bits per heavy atom. The second kappa shape index (κ2) is 12.1. The highest BCUT2D eigenvalue weighted by Crippen LogP contribution is 2.30. The van der Waals surface area contributed by atoms with Gasteiger partial charge in [-0.15, -0.1) is 12.4 Å². The predicted molar refractivity (Wildman–Crippen MR) is 118 cm³/mol. The molecule has 3 aliphatic rings. The van der Waals surface area contributed by atoms with Crippen LogP contribution in [-0.4, -0.2) is 83.0 Å². The number of carbonyl (C=O) groups excluding carboxylic acids is 1. The van der Waals surface area contributed by atoms with Crippen molar-refractivity contribution >= 4 is 24.3 Å². The molecule has 1 saturated heterocycles. The number of carboxylic acid groups (broad SMARTS) is 1. The average molecular weight is 430 g/mol. The molecule has 1 heterocycles. The van der Waals surface area contributed by atoms with E-state index in [-0.39, 0.29) is 19.0 Å². The smallest absolute Gasteiger partial charge is 0.317 e. The molecule has 0 aromatic heterocycles. The van der Waals surface area contributed by atoms with Crippen molar-refractivity contribution in [2.75, 3.05) is 33.2 Å². The first-order valence-electron chi connectivity index (χ1n) is 11.5. The zero-order valence-corrected chi connectivity index (χ0v) is 18.9. The van der Waals surface area contributed by atoms with Crippen molar-refractivity contribution in [3.05, 3.63) is 0 Å². The Morgan fingerprint density at radius 3 is 1.76 bits per heavy atom. The second-order valence-corrected chi connectivity index (χ2v) is 9.20. The minimum Gasteiger partial charge on any atom is -0.480 e. The predicted octanol–water partition coefficient (Wildman–Crippen LogP) is 3.38. The van der Waals surface area contributed by atoms with Gasteiger partial charge in [-0.3, -0.25) is 19.4 Å². The molecule has 0 unspecified atom stereocenters. The summed E-state index contributed by atoms with van der Waals surface area (Å²) >= 11 is 0. The Hall–Kier alpha value is -0.850. The Bertz CT molecular complexity index is 495. The van der Waals surface area contributed by atoms with E-state index in [4.69, 9.17) is 5.11 Å². The summed E-state index contributed by atoms with van der Waals surface area (Å²) in [6.45, 7) is 2.43. The number of hydrogen-bond acceptors (Lipinski definition) is 4. The number of likely N-dealkylation sites (N-methyl/N-ethyl adjacent to an activating group) is 1. The summed E-state index contributed by atoms with van der Waals surface area (Å²) in [5.74, 6) is -0.424. The highest BCUT2D eigenvalue weighted by atomic mass is 35.5. The standard InChI is InChI=1S/C22H39N3O3.ClH/c1-23(17-22(27)28)18-12-14-24(15-13-18)16-21(26)25(19-8-4-2-5-9-19)20-10-6-3-7-11-20;/h18-20H,2-17H2,1H3,(H,27,28);1H. The summed E-state index contributed by atoms with van der Waals surface area (Å²) in [5.41, 5.74) is 0. The number of amides is 1. The molecule has 0 radical (unpaired) electrons. The third-order valence-corrected chi connectivity index (χ3v) is 7.15. The third-order valence-electron chi connectivity index (χ3n) is 7.15. The van der Waals surface area contributed by atoms with Crippen LogP contribution in [-0.2, 0) is 9.59 Å². The molecule has 1 N–H and O–H groups in total. The molecule has 0 bridgehead atoms. The summed E-state index contributed by atoms with van der Waals surface area (Å²) in [4.78, 5) is 30.9. The van der Waals surface area contributed by atoms with E-state index in [2.05, 4.69) is 9.80 Å². The van der Waals surface area contributed by atoms with Gasteiger partial charge in [0.2, 0.25) is 5.91 Å². The molecule has 1 aliphatic heterocycles. The lowest BCUT2D eigenvalue weighted by molar-refractivity contribution is -0.139. The van der Waals surface area contributed by atoms with Gasteiger partial charge in [0.05, 0.1) is 13.1 Å². The molecule has 2 saturated carbocycles. The molecule has 29 heavy (non-hydrogen) atoms. The number of carboxylic acids is 1. The SMILES string of the molecule is CN(CC(=O)O)C1CCN(CC(=O)N(C2CCCCC2)C2CCCCC2)CC1.Cl. The molecular weight excluding hydrogens is 390 g/mol. The monoisotopic (exact) mass is 429 g/mol. The Labute approximate surface area is 182 Å². The average Bonchev–Trinajstić information content (AvgIpc) is 2.70. The largest absolute Gasteiger partial charge is 0.480 e. The van der Waals surface area contributed by atoms with Crippen LogP contribution >= 0.6 is 12.4 Å². The van der Waals surface area contributed by atoms with Crippen LogP contribution in [0.2, 0.25) is 0 Å². The van der Waals surface area contributed by atoms with Crippen LogP contribution in [0.25, 0.3) is 0 Å². The molecule has 3 rings (SSSR count). The summed E-state index contributed by atoms with van der Waals surface area (Å²) in [6, 6.07) is 1.24. The van der Waals surface area contributed by atoms with Gasteiger partial charge in [-0.05, 0) is 45.6 Å². The highest BCUT2D eigenvalue weighted by Gasteiger charge is 2.34. The zero-order valence-electron chi connectivity index (χ0n) is 18.1. The van der Waals surface area contributed by atoms with Gasteiger partial charge in [-0.1, -0.05) is 38.5 Å². The molecule has 7 heteroatoms. The number of piperidine rings is 1. The first kappa shape index (κ1) is 24.4. The summed E-state index contributed by atoms with van der Waals surface area (Å²) in [5, 5.41) is 8.99. The fraction of sp³-hybridized carbons (Fsp3) is 0.909. The van der Waals surface area contributed by atoms with E-state index in [1.54, 1.807) is 0 Å². The van der Waals surface area contributed by atoms with Gasteiger partial charge in [0, 0.05) is 31.2 Å². The number of nitrogens with zero attached hydrogens (tertiary/aromatic N) is 3. The lowest BCUT2D eigenvalue weighted by atomic mass is 9.88. The molecule has 0 atom stereocenters. The van der Waals surface area contributed by atoms with Gasteiger partial charge >= 0.3 is 5.97 Å². The third kappa shape index (κ3) is 7.11. The first-order valence-corrected chi connectivity index (χ1v) is 11.5. The van der Waals surface area contributed by atoms with E-state index in [0.29, 0.717) is 30.6 Å². The Morgan fingerprint density at radius 2 is 1.31 bits per heavy atom. The van der Waals surface area contributed by atoms with Crippen LogP contribution in [0.15, 0.2) is 0 Å². The number of rotatable bonds is 7.